The SMILES string of the molecule is CCCCCCC(C(=O)OCC)(C(CC)C(=O)O)S(=O)(=O)O. The molecule has 0 saturated heterocycles. The molecule has 22 heavy (non-hydrogen) atoms. The van der Waals surface area contributed by atoms with Crippen LogP contribution in [0.25, 0.3) is 0 Å². The maximum Gasteiger partial charge on any atom is 0.330 e. The summed E-state index contributed by atoms with van der Waals surface area (Å²) in [5, 5.41) is 9.31. The van der Waals surface area contributed by atoms with Crippen molar-refractivity contribution in [2.24, 2.45) is 5.92 Å². The van der Waals surface area contributed by atoms with Gasteiger partial charge in [0.15, 0.2) is 0 Å². The molecule has 0 bridgehead atoms. The van der Waals surface area contributed by atoms with Crippen LogP contribution in [0.1, 0.15) is 59.3 Å². The fourth-order valence-electron chi connectivity index (χ4n) is 2.60. The Labute approximate surface area is 131 Å². The Hall–Kier alpha value is -1.15. The molecule has 0 spiro atoms. The molecule has 2 atom stereocenters. The molecule has 0 aliphatic heterocycles. The fourth-order valence-corrected chi connectivity index (χ4v) is 3.90. The second kappa shape index (κ2) is 9.09. The predicted molar refractivity (Wildman–Crippen MR) is 81.1 cm³/mol. The number of carbonyl (C=O) groups is 2. The Morgan fingerprint density at radius 1 is 1.14 bits per heavy atom. The number of hydrogen-bond donors (Lipinski definition) is 2. The van der Waals surface area contributed by atoms with E-state index in [9.17, 15) is 27.7 Å². The Bertz CT molecular complexity index is 472. The van der Waals surface area contributed by atoms with Crippen molar-refractivity contribution in [3.63, 3.8) is 0 Å². The van der Waals surface area contributed by atoms with Gasteiger partial charge in [0.2, 0.25) is 4.75 Å². The Morgan fingerprint density at radius 3 is 2.09 bits per heavy atom. The van der Waals surface area contributed by atoms with Gasteiger partial charge in [-0.05, 0) is 19.8 Å². The van der Waals surface area contributed by atoms with Gasteiger partial charge in [0, 0.05) is 0 Å². The minimum absolute atomic E-state index is 0.0961. The molecule has 2 unspecified atom stereocenters. The largest absolute Gasteiger partial charge is 0.481 e. The third-order valence-electron chi connectivity index (χ3n) is 3.75. The van der Waals surface area contributed by atoms with Gasteiger partial charge in [-0.3, -0.25) is 14.1 Å². The Kier molecular flexibility index (Phi) is 8.62. The van der Waals surface area contributed by atoms with Crippen molar-refractivity contribution in [2.45, 2.75) is 64.0 Å². The third-order valence-corrected chi connectivity index (χ3v) is 5.33. The van der Waals surface area contributed by atoms with Crippen molar-refractivity contribution in [2.75, 3.05) is 6.61 Å². The number of rotatable bonds is 11. The van der Waals surface area contributed by atoms with E-state index in [1.807, 2.05) is 6.92 Å². The molecule has 0 saturated carbocycles. The first-order valence-corrected chi connectivity index (χ1v) is 9.00. The van der Waals surface area contributed by atoms with Crippen LogP contribution in [0.2, 0.25) is 0 Å². The summed E-state index contributed by atoms with van der Waals surface area (Å²) in [5.41, 5.74) is 0. The summed E-state index contributed by atoms with van der Waals surface area (Å²) in [4.78, 5) is 23.7. The van der Waals surface area contributed by atoms with Crippen LogP contribution in [0.5, 0.6) is 0 Å². The molecule has 0 fully saturated rings. The normalized spacial score (nSPS) is 15.8. The molecule has 0 rings (SSSR count). The molecular weight excluding hydrogens is 312 g/mol. The zero-order valence-electron chi connectivity index (χ0n) is 13.4. The number of carboxylic acids is 1. The molecule has 0 aliphatic carbocycles. The summed E-state index contributed by atoms with van der Waals surface area (Å²) in [7, 11) is -4.95. The first-order valence-electron chi connectivity index (χ1n) is 7.56. The van der Waals surface area contributed by atoms with E-state index in [1.165, 1.54) is 13.8 Å². The molecule has 0 amide bonds. The van der Waals surface area contributed by atoms with Crippen LogP contribution in [0.15, 0.2) is 0 Å². The maximum absolute atomic E-state index is 12.3. The first kappa shape index (κ1) is 20.9. The van der Waals surface area contributed by atoms with E-state index >= 15 is 0 Å². The first-order chi connectivity index (χ1) is 10.2. The lowest BCUT2D eigenvalue weighted by Gasteiger charge is -2.33. The van der Waals surface area contributed by atoms with Crippen LogP contribution in [-0.2, 0) is 24.4 Å². The average molecular weight is 338 g/mol. The number of carbonyl (C=O) groups excluding carboxylic acids is 1. The molecular formula is C14H26O7S. The molecule has 8 heteroatoms. The number of aliphatic carboxylic acids is 1. The van der Waals surface area contributed by atoms with Gasteiger partial charge in [-0.2, -0.15) is 8.42 Å². The number of ether oxygens (including phenoxy) is 1. The third kappa shape index (κ3) is 4.67. The average Bonchev–Trinajstić information content (AvgIpc) is 2.40. The highest BCUT2D eigenvalue weighted by Gasteiger charge is 2.59. The van der Waals surface area contributed by atoms with Crippen LogP contribution < -0.4 is 0 Å². The summed E-state index contributed by atoms with van der Waals surface area (Å²) in [6.45, 7) is 4.82. The van der Waals surface area contributed by atoms with Gasteiger partial charge in [-0.15, -0.1) is 0 Å². The monoisotopic (exact) mass is 338 g/mol. The van der Waals surface area contributed by atoms with Gasteiger partial charge < -0.3 is 9.84 Å². The molecule has 7 nitrogen and oxygen atoms in total. The van der Waals surface area contributed by atoms with E-state index in [-0.39, 0.29) is 19.4 Å². The molecule has 2 N–H and O–H groups in total. The zero-order valence-corrected chi connectivity index (χ0v) is 14.2. The molecule has 0 aromatic rings. The van der Waals surface area contributed by atoms with Crippen LogP contribution in [0.4, 0.5) is 0 Å². The summed E-state index contributed by atoms with van der Waals surface area (Å²) >= 11 is 0. The van der Waals surface area contributed by atoms with E-state index < -0.39 is 32.7 Å². The van der Waals surface area contributed by atoms with Gasteiger partial charge in [0.1, 0.15) is 0 Å². The van der Waals surface area contributed by atoms with Crippen LogP contribution in [0.3, 0.4) is 0 Å². The van der Waals surface area contributed by atoms with Gasteiger partial charge in [-0.1, -0.05) is 39.5 Å². The lowest BCUT2D eigenvalue weighted by atomic mass is 9.84. The topological polar surface area (TPSA) is 118 Å². The quantitative estimate of drug-likeness (QED) is 0.337. The summed E-state index contributed by atoms with van der Waals surface area (Å²) < 4.78 is 35.8. The lowest BCUT2D eigenvalue weighted by molar-refractivity contribution is -0.156. The second-order valence-electron chi connectivity index (χ2n) is 5.19. The van der Waals surface area contributed by atoms with Gasteiger partial charge in [-0.25, -0.2) is 0 Å². The molecule has 0 radical (unpaired) electrons. The van der Waals surface area contributed by atoms with E-state index in [0.29, 0.717) is 12.8 Å². The van der Waals surface area contributed by atoms with Gasteiger partial charge in [0.05, 0.1) is 12.5 Å². The second-order valence-corrected chi connectivity index (χ2v) is 6.87. The molecule has 130 valence electrons. The highest BCUT2D eigenvalue weighted by atomic mass is 32.2. The molecule has 0 aliphatic rings. The number of hydrogen-bond acceptors (Lipinski definition) is 5. The maximum atomic E-state index is 12.3. The van der Waals surface area contributed by atoms with Crippen molar-refractivity contribution in [1.82, 2.24) is 0 Å². The van der Waals surface area contributed by atoms with Crippen molar-refractivity contribution < 1.29 is 32.4 Å². The standard InChI is InChI=1S/C14H26O7S/c1-4-7-8-9-10-14(22(18,19)20,13(17)21-6-3)11(5-2)12(15)16/h11H,4-10H2,1-3H3,(H,15,16)(H,18,19,20). The van der Waals surface area contributed by atoms with Crippen molar-refractivity contribution in [3.05, 3.63) is 0 Å². The van der Waals surface area contributed by atoms with Gasteiger partial charge in [0.25, 0.3) is 10.1 Å². The van der Waals surface area contributed by atoms with Crippen LogP contribution in [0, 0.1) is 5.92 Å². The van der Waals surface area contributed by atoms with E-state index in [4.69, 9.17) is 4.74 Å². The van der Waals surface area contributed by atoms with Gasteiger partial charge >= 0.3 is 11.9 Å². The minimum atomic E-state index is -4.95. The highest BCUT2D eigenvalue weighted by molar-refractivity contribution is 7.88. The van der Waals surface area contributed by atoms with E-state index in [0.717, 1.165) is 12.8 Å². The fraction of sp³-hybridized carbons (Fsp3) is 0.857. The lowest BCUT2D eigenvalue weighted by Crippen LogP contribution is -2.55. The molecule has 0 aromatic carbocycles. The van der Waals surface area contributed by atoms with Crippen molar-refractivity contribution in [3.8, 4) is 0 Å². The summed E-state index contributed by atoms with van der Waals surface area (Å²) in [5.74, 6) is -4.19. The molecule has 0 heterocycles. The van der Waals surface area contributed by atoms with Crippen LogP contribution >= 0.6 is 0 Å². The molecule has 0 aromatic heterocycles. The van der Waals surface area contributed by atoms with E-state index in [2.05, 4.69) is 0 Å². The Morgan fingerprint density at radius 2 is 1.73 bits per heavy atom. The highest BCUT2D eigenvalue weighted by Crippen LogP contribution is 2.36. The summed E-state index contributed by atoms with van der Waals surface area (Å²) in [6, 6.07) is 0. The summed E-state index contributed by atoms with van der Waals surface area (Å²) in [6.07, 6.45) is 2.30. The smallest absolute Gasteiger partial charge is 0.330 e. The van der Waals surface area contributed by atoms with E-state index in [1.54, 1.807) is 0 Å². The minimum Gasteiger partial charge on any atom is -0.481 e. The number of carboxylic acid groups (broad SMARTS) is 1. The number of unbranched alkanes of at least 4 members (excludes halogenated alkanes) is 3. The Balaban J connectivity index is 5.83. The van der Waals surface area contributed by atoms with Crippen molar-refractivity contribution >= 4 is 22.1 Å². The number of esters is 1. The zero-order chi connectivity index (χ0) is 17.4. The van der Waals surface area contributed by atoms with Crippen LogP contribution in [-0.4, -0.2) is 41.4 Å². The van der Waals surface area contributed by atoms with Crippen molar-refractivity contribution in [1.29, 1.82) is 0 Å². The predicted octanol–water partition coefficient (Wildman–Crippen LogP) is 2.26.